The van der Waals surface area contributed by atoms with Crippen molar-refractivity contribution in [2.75, 3.05) is 11.4 Å². The van der Waals surface area contributed by atoms with Crippen molar-refractivity contribution in [3.63, 3.8) is 0 Å². The van der Waals surface area contributed by atoms with Gasteiger partial charge in [0.15, 0.2) is 0 Å². The highest BCUT2D eigenvalue weighted by molar-refractivity contribution is 5.95. The van der Waals surface area contributed by atoms with E-state index >= 15 is 0 Å². The number of carbonyl (C=O) groups is 2. The molecule has 4 heteroatoms. The largest absolute Gasteiger partial charge is 0.490 e. The molecule has 2 fully saturated rings. The van der Waals surface area contributed by atoms with Crippen molar-refractivity contribution in [1.82, 2.24) is 0 Å². The summed E-state index contributed by atoms with van der Waals surface area (Å²) < 4.78 is 5.77. The van der Waals surface area contributed by atoms with E-state index in [1.54, 1.807) is 0 Å². The first-order valence-corrected chi connectivity index (χ1v) is 6.81. The van der Waals surface area contributed by atoms with Crippen molar-refractivity contribution in [3.05, 3.63) is 24.3 Å². The van der Waals surface area contributed by atoms with E-state index in [0.29, 0.717) is 19.3 Å². The predicted molar refractivity (Wildman–Crippen MR) is 71.3 cm³/mol. The summed E-state index contributed by atoms with van der Waals surface area (Å²) in [6.07, 6.45) is 3.55. The maximum atomic E-state index is 11.6. The summed E-state index contributed by atoms with van der Waals surface area (Å²) in [7, 11) is 0. The molecule has 2 aliphatic rings. The molecular weight excluding hydrogens is 242 g/mol. The molecule has 19 heavy (non-hydrogen) atoms. The lowest BCUT2D eigenvalue weighted by molar-refractivity contribution is -0.118. The first-order chi connectivity index (χ1) is 9.22. The van der Waals surface area contributed by atoms with Crippen LogP contribution in [0.3, 0.4) is 0 Å². The van der Waals surface area contributed by atoms with Crippen molar-refractivity contribution in [2.45, 2.75) is 38.2 Å². The van der Waals surface area contributed by atoms with E-state index in [1.807, 2.05) is 29.2 Å². The molecule has 1 saturated heterocycles. The number of nitrogens with zero attached hydrogens (tertiary/aromatic N) is 1. The number of hydrogen-bond donors (Lipinski definition) is 0. The molecule has 4 nitrogen and oxygen atoms in total. The van der Waals surface area contributed by atoms with Crippen LogP contribution < -0.4 is 9.64 Å². The van der Waals surface area contributed by atoms with Gasteiger partial charge in [-0.15, -0.1) is 0 Å². The van der Waals surface area contributed by atoms with Crippen molar-refractivity contribution >= 4 is 17.4 Å². The fraction of sp³-hybridized carbons (Fsp3) is 0.467. The zero-order valence-electron chi connectivity index (χ0n) is 10.8. The molecule has 1 aliphatic carbocycles. The Hall–Kier alpha value is -1.84. The smallest absolute Gasteiger partial charge is 0.227 e. The fourth-order valence-corrected chi connectivity index (χ4v) is 2.70. The van der Waals surface area contributed by atoms with Crippen LogP contribution in [0.25, 0.3) is 0 Å². The molecule has 0 aromatic heterocycles. The van der Waals surface area contributed by atoms with Crippen molar-refractivity contribution in [3.8, 4) is 5.75 Å². The molecule has 1 unspecified atom stereocenters. The lowest BCUT2D eigenvalue weighted by Gasteiger charge is -2.17. The minimum Gasteiger partial charge on any atom is -0.490 e. The number of benzene rings is 1. The van der Waals surface area contributed by atoms with Crippen LogP contribution in [0.4, 0.5) is 5.69 Å². The van der Waals surface area contributed by atoms with Crippen LogP contribution in [-0.2, 0) is 9.59 Å². The summed E-state index contributed by atoms with van der Waals surface area (Å²) in [5.74, 6) is 1.24. The third-order valence-electron chi connectivity index (χ3n) is 3.73. The number of rotatable bonds is 3. The van der Waals surface area contributed by atoms with Crippen LogP contribution in [0.2, 0.25) is 0 Å². The molecule has 0 radical (unpaired) electrons. The van der Waals surface area contributed by atoms with E-state index < -0.39 is 0 Å². The number of carbonyl (C=O) groups excluding carboxylic acids is 2. The summed E-state index contributed by atoms with van der Waals surface area (Å²) in [6, 6.07) is 7.58. The Labute approximate surface area is 112 Å². The maximum Gasteiger partial charge on any atom is 0.227 e. The Morgan fingerprint density at radius 2 is 1.89 bits per heavy atom. The monoisotopic (exact) mass is 259 g/mol. The number of Topliss-reactive ketones (excluding diaryl/α,β-unsaturated/α-hetero) is 1. The third-order valence-corrected chi connectivity index (χ3v) is 3.73. The normalized spacial score (nSPS) is 23.2. The fourth-order valence-electron chi connectivity index (χ4n) is 2.70. The summed E-state index contributed by atoms with van der Waals surface area (Å²) in [5, 5.41) is 0. The maximum absolute atomic E-state index is 11.6. The summed E-state index contributed by atoms with van der Waals surface area (Å²) >= 11 is 0. The Kier molecular flexibility index (Phi) is 3.23. The number of amides is 1. The van der Waals surface area contributed by atoms with Gasteiger partial charge >= 0.3 is 0 Å². The van der Waals surface area contributed by atoms with Gasteiger partial charge < -0.3 is 9.64 Å². The average molecular weight is 259 g/mol. The highest BCUT2D eigenvalue weighted by Crippen LogP contribution is 2.26. The Balaban J connectivity index is 1.65. The number of hydrogen-bond acceptors (Lipinski definition) is 3. The van der Waals surface area contributed by atoms with Crippen LogP contribution in [0.1, 0.15) is 32.1 Å². The van der Waals surface area contributed by atoms with Crippen LogP contribution in [0.15, 0.2) is 24.3 Å². The zero-order valence-corrected chi connectivity index (χ0v) is 10.8. The minimum absolute atomic E-state index is 0.0202. The van der Waals surface area contributed by atoms with Gasteiger partial charge in [0.1, 0.15) is 17.6 Å². The van der Waals surface area contributed by atoms with Crippen molar-refractivity contribution < 1.29 is 14.3 Å². The summed E-state index contributed by atoms with van der Waals surface area (Å²) in [5.41, 5.74) is 0.928. The van der Waals surface area contributed by atoms with Crippen LogP contribution in [0.5, 0.6) is 5.75 Å². The van der Waals surface area contributed by atoms with Crippen LogP contribution in [0, 0.1) is 0 Å². The van der Waals surface area contributed by atoms with Gasteiger partial charge in [-0.05, 0) is 37.1 Å². The molecule has 0 N–H and O–H groups in total. The molecule has 1 aromatic rings. The average Bonchev–Trinajstić information content (AvgIpc) is 3.00. The molecule has 1 atom stereocenters. The lowest BCUT2D eigenvalue weighted by atomic mass is 10.2. The number of ether oxygens (including phenoxy) is 1. The molecule has 0 bridgehead atoms. The van der Waals surface area contributed by atoms with Crippen LogP contribution >= 0.6 is 0 Å². The highest BCUT2D eigenvalue weighted by atomic mass is 16.5. The van der Waals surface area contributed by atoms with Gasteiger partial charge in [0.05, 0.1) is 0 Å². The summed E-state index contributed by atoms with van der Waals surface area (Å²) in [6.45, 7) is 0.802. The van der Waals surface area contributed by atoms with Gasteiger partial charge in [-0.3, -0.25) is 9.59 Å². The molecule has 3 rings (SSSR count). The van der Waals surface area contributed by atoms with E-state index in [1.165, 1.54) is 0 Å². The highest BCUT2D eigenvalue weighted by Gasteiger charge is 2.24. The standard InChI is InChI=1S/C15H17NO3/c17-12-5-8-14(10-12)19-13-6-3-11(4-7-13)16-9-1-2-15(16)18/h3-4,6-7,14H,1-2,5,8-10H2. The van der Waals surface area contributed by atoms with E-state index in [9.17, 15) is 9.59 Å². The molecule has 1 heterocycles. The van der Waals surface area contributed by atoms with Crippen LogP contribution in [-0.4, -0.2) is 24.3 Å². The Morgan fingerprint density at radius 1 is 1.11 bits per heavy atom. The van der Waals surface area contributed by atoms with E-state index in [0.717, 1.165) is 30.8 Å². The van der Waals surface area contributed by atoms with Crippen molar-refractivity contribution in [1.29, 1.82) is 0 Å². The van der Waals surface area contributed by atoms with Gasteiger partial charge in [-0.1, -0.05) is 0 Å². The zero-order chi connectivity index (χ0) is 13.2. The number of anilines is 1. The topological polar surface area (TPSA) is 46.6 Å². The second-order valence-corrected chi connectivity index (χ2v) is 5.16. The molecule has 100 valence electrons. The minimum atomic E-state index is 0.0202. The van der Waals surface area contributed by atoms with E-state index in [-0.39, 0.29) is 17.8 Å². The second-order valence-electron chi connectivity index (χ2n) is 5.16. The van der Waals surface area contributed by atoms with Gasteiger partial charge in [0.2, 0.25) is 5.91 Å². The van der Waals surface area contributed by atoms with Gasteiger partial charge in [-0.2, -0.15) is 0 Å². The number of ketones is 1. The SMILES string of the molecule is O=C1CCC(Oc2ccc(N3CCCC3=O)cc2)C1. The van der Waals surface area contributed by atoms with Crippen molar-refractivity contribution in [2.24, 2.45) is 0 Å². The van der Waals surface area contributed by atoms with Gasteiger partial charge in [0, 0.05) is 31.5 Å². The van der Waals surface area contributed by atoms with Gasteiger partial charge in [0.25, 0.3) is 0 Å². The molecule has 1 aliphatic heterocycles. The van der Waals surface area contributed by atoms with Gasteiger partial charge in [-0.25, -0.2) is 0 Å². The first kappa shape index (κ1) is 12.2. The molecular formula is C15H17NO3. The lowest BCUT2D eigenvalue weighted by Crippen LogP contribution is -2.23. The van der Waals surface area contributed by atoms with E-state index in [2.05, 4.69) is 0 Å². The predicted octanol–water partition coefficient (Wildman–Crippen LogP) is 2.31. The summed E-state index contributed by atoms with van der Waals surface area (Å²) in [4.78, 5) is 24.6. The van der Waals surface area contributed by atoms with E-state index in [4.69, 9.17) is 4.74 Å². The Bertz CT molecular complexity index is 495. The molecule has 1 saturated carbocycles. The first-order valence-electron chi connectivity index (χ1n) is 6.81. The Morgan fingerprint density at radius 3 is 2.47 bits per heavy atom. The molecule has 0 spiro atoms. The second kappa shape index (κ2) is 5.03. The molecule has 1 amide bonds. The third kappa shape index (κ3) is 2.62. The quantitative estimate of drug-likeness (QED) is 0.836. The molecule has 1 aromatic carbocycles.